The Morgan fingerprint density at radius 2 is 2.08 bits per heavy atom. The molecule has 3 N–H and O–H groups in total. The highest BCUT2D eigenvalue weighted by Crippen LogP contribution is 2.39. The van der Waals surface area contributed by atoms with Crippen molar-refractivity contribution in [2.75, 3.05) is 12.8 Å². The normalized spacial score (nSPS) is 25.3. The van der Waals surface area contributed by atoms with Crippen LogP contribution in [0.1, 0.15) is 37.7 Å². The molecule has 0 radical (unpaired) electrons. The second-order valence-electron chi connectivity index (χ2n) is 7.53. The van der Waals surface area contributed by atoms with Crippen LogP contribution in [0, 0.1) is 11.3 Å². The van der Waals surface area contributed by atoms with Crippen LogP contribution in [-0.2, 0) is 4.79 Å². The van der Waals surface area contributed by atoms with Gasteiger partial charge in [-0.15, -0.1) is 11.3 Å². The van der Waals surface area contributed by atoms with Crippen molar-refractivity contribution in [2.24, 2.45) is 5.92 Å². The number of rotatable bonds is 5. The SMILES string of the molecule is CN1C2CCC1CC(CC(=O)C(=N)c1cc(-c3nccs3)ccc1N)C2. The van der Waals surface area contributed by atoms with Crippen LogP contribution in [0.3, 0.4) is 0 Å². The molecule has 2 unspecified atom stereocenters. The van der Waals surface area contributed by atoms with Gasteiger partial charge < -0.3 is 10.6 Å². The molecule has 0 saturated carbocycles. The maximum atomic E-state index is 12.8. The average molecular weight is 369 g/mol. The summed E-state index contributed by atoms with van der Waals surface area (Å²) in [5, 5.41) is 11.2. The molecule has 5 nitrogen and oxygen atoms in total. The molecule has 0 amide bonds. The molecular formula is C20H24N4OS. The van der Waals surface area contributed by atoms with Gasteiger partial charge in [-0.05, 0) is 56.8 Å². The van der Waals surface area contributed by atoms with E-state index in [1.54, 1.807) is 12.3 Å². The van der Waals surface area contributed by atoms with E-state index >= 15 is 0 Å². The summed E-state index contributed by atoms with van der Waals surface area (Å²) in [5.74, 6) is 0.293. The first-order valence-electron chi connectivity index (χ1n) is 9.16. The van der Waals surface area contributed by atoms with E-state index in [1.807, 2.05) is 17.5 Å². The van der Waals surface area contributed by atoms with Crippen molar-refractivity contribution in [1.82, 2.24) is 9.88 Å². The number of nitrogens with one attached hydrogen (secondary N) is 1. The number of hydrogen-bond donors (Lipinski definition) is 2. The Balaban J connectivity index is 1.49. The summed E-state index contributed by atoms with van der Waals surface area (Å²) in [6.45, 7) is 0. The van der Waals surface area contributed by atoms with Gasteiger partial charge >= 0.3 is 0 Å². The number of ketones is 1. The Labute approximate surface area is 157 Å². The van der Waals surface area contributed by atoms with E-state index in [-0.39, 0.29) is 11.5 Å². The number of carbonyl (C=O) groups is 1. The molecule has 136 valence electrons. The second kappa shape index (κ2) is 6.93. The highest BCUT2D eigenvalue weighted by atomic mass is 32.1. The first-order chi connectivity index (χ1) is 12.5. The number of thiazole rings is 1. The zero-order valence-corrected chi connectivity index (χ0v) is 15.8. The fourth-order valence-corrected chi connectivity index (χ4v) is 5.11. The van der Waals surface area contributed by atoms with Crippen molar-refractivity contribution < 1.29 is 4.79 Å². The summed E-state index contributed by atoms with van der Waals surface area (Å²) in [5.41, 5.74) is 8.01. The van der Waals surface area contributed by atoms with Gasteiger partial charge in [-0.1, -0.05) is 0 Å². The van der Waals surface area contributed by atoms with Crippen molar-refractivity contribution in [3.05, 3.63) is 35.3 Å². The molecule has 2 fully saturated rings. The van der Waals surface area contributed by atoms with Gasteiger partial charge in [0.25, 0.3) is 0 Å². The number of hydrogen-bond acceptors (Lipinski definition) is 6. The predicted molar refractivity (Wildman–Crippen MR) is 106 cm³/mol. The third-order valence-corrected chi connectivity index (χ3v) is 6.77. The minimum absolute atomic E-state index is 0.0344. The molecule has 0 aliphatic carbocycles. The Bertz CT molecular complexity index is 818. The molecule has 2 atom stereocenters. The van der Waals surface area contributed by atoms with Crippen molar-refractivity contribution in [1.29, 1.82) is 5.41 Å². The van der Waals surface area contributed by atoms with Gasteiger partial charge in [0.1, 0.15) is 10.7 Å². The van der Waals surface area contributed by atoms with Crippen LogP contribution in [0.4, 0.5) is 5.69 Å². The number of carbonyl (C=O) groups excluding carboxylic acids is 1. The maximum absolute atomic E-state index is 12.8. The smallest absolute Gasteiger partial charge is 0.181 e. The first kappa shape index (κ1) is 17.4. The third-order valence-electron chi connectivity index (χ3n) is 5.95. The summed E-state index contributed by atoms with van der Waals surface area (Å²) in [6.07, 6.45) is 6.83. The lowest BCUT2D eigenvalue weighted by atomic mass is 9.85. The van der Waals surface area contributed by atoms with E-state index in [0.29, 0.717) is 35.7 Å². The molecule has 1 aromatic carbocycles. The lowest BCUT2D eigenvalue weighted by Crippen LogP contribution is -2.40. The fourth-order valence-electron chi connectivity index (χ4n) is 4.48. The van der Waals surface area contributed by atoms with Crippen LogP contribution in [0.25, 0.3) is 10.6 Å². The Morgan fingerprint density at radius 3 is 2.73 bits per heavy atom. The molecule has 2 aliphatic heterocycles. The standard InChI is InChI=1S/C20H24N4OS/c1-24-14-3-4-15(24)9-12(8-14)10-18(25)19(22)16-11-13(2-5-17(16)21)20-23-6-7-26-20/h2,5-7,11-12,14-15,22H,3-4,8-10,21H2,1H3. The largest absolute Gasteiger partial charge is 0.398 e. The highest BCUT2D eigenvalue weighted by molar-refractivity contribution is 7.13. The number of Topliss-reactive ketones (excluding diaryl/α,β-unsaturated/α-hetero) is 1. The van der Waals surface area contributed by atoms with E-state index in [9.17, 15) is 4.79 Å². The van der Waals surface area contributed by atoms with Crippen molar-refractivity contribution >= 4 is 28.5 Å². The van der Waals surface area contributed by atoms with E-state index in [0.717, 1.165) is 23.4 Å². The van der Waals surface area contributed by atoms with Gasteiger partial charge in [-0.2, -0.15) is 0 Å². The molecule has 2 aliphatic rings. The number of piperidine rings is 1. The number of anilines is 1. The minimum atomic E-state index is -0.0954. The zero-order valence-electron chi connectivity index (χ0n) is 14.9. The van der Waals surface area contributed by atoms with Gasteiger partial charge in [0, 0.05) is 46.9 Å². The number of nitrogens with zero attached hydrogens (tertiary/aromatic N) is 2. The Morgan fingerprint density at radius 1 is 1.35 bits per heavy atom. The van der Waals surface area contributed by atoms with Crippen molar-refractivity contribution in [3.63, 3.8) is 0 Å². The summed E-state index contributed by atoms with van der Waals surface area (Å²) < 4.78 is 0. The number of nitrogens with two attached hydrogens (primary N) is 1. The van der Waals surface area contributed by atoms with Crippen molar-refractivity contribution in [3.8, 4) is 10.6 Å². The lowest BCUT2D eigenvalue weighted by Gasteiger charge is -2.36. The monoisotopic (exact) mass is 368 g/mol. The maximum Gasteiger partial charge on any atom is 0.181 e. The summed E-state index contributed by atoms with van der Waals surface area (Å²) in [6, 6.07) is 6.71. The van der Waals surface area contributed by atoms with Gasteiger partial charge in [-0.3, -0.25) is 10.2 Å². The van der Waals surface area contributed by atoms with E-state index < -0.39 is 0 Å². The van der Waals surface area contributed by atoms with Gasteiger partial charge in [0.2, 0.25) is 0 Å². The lowest BCUT2D eigenvalue weighted by molar-refractivity contribution is -0.114. The molecule has 1 aromatic heterocycles. The quantitative estimate of drug-likeness (QED) is 0.624. The number of aromatic nitrogens is 1. The van der Waals surface area contributed by atoms with Gasteiger partial charge in [0.15, 0.2) is 5.78 Å². The predicted octanol–water partition coefficient (Wildman–Crippen LogP) is 3.59. The number of benzene rings is 1. The summed E-state index contributed by atoms with van der Waals surface area (Å²) >= 11 is 1.53. The number of nitrogen functional groups attached to an aromatic ring is 1. The fraction of sp³-hybridized carbons (Fsp3) is 0.450. The summed E-state index contributed by atoms with van der Waals surface area (Å²) in [4.78, 5) is 19.5. The highest BCUT2D eigenvalue weighted by Gasteiger charge is 2.39. The van der Waals surface area contributed by atoms with Crippen molar-refractivity contribution in [2.45, 2.75) is 44.2 Å². The van der Waals surface area contributed by atoms with Crippen LogP contribution >= 0.6 is 11.3 Å². The molecular weight excluding hydrogens is 344 g/mol. The van der Waals surface area contributed by atoms with E-state index in [4.69, 9.17) is 11.1 Å². The molecule has 2 saturated heterocycles. The molecule has 3 heterocycles. The van der Waals surface area contributed by atoms with Crippen LogP contribution in [0.2, 0.25) is 0 Å². The van der Waals surface area contributed by atoms with Gasteiger partial charge in [0.05, 0.1) is 0 Å². The third kappa shape index (κ3) is 3.19. The van der Waals surface area contributed by atoms with E-state index in [2.05, 4.69) is 16.9 Å². The minimum Gasteiger partial charge on any atom is -0.398 e. The molecule has 6 heteroatoms. The van der Waals surface area contributed by atoms with Crippen LogP contribution in [0.15, 0.2) is 29.8 Å². The van der Waals surface area contributed by atoms with Crippen LogP contribution in [-0.4, -0.2) is 40.5 Å². The topological polar surface area (TPSA) is 83.1 Å². The van der Waals surface area contributed by atoms with E-state index in [1.165, 1.54) is 24.2 Å². The Hall–Kier alpha value is -2.05. The molecule has 0 spiro atoms. The molecule has 26 heavy (non-hydrogen) atoms. The van der Waals surface area contributed by atoms with Gasteiger partial charge in [-0.25, -0.2) is 4.98 Å². The van der Waals surface area contributed by atoms with Crippen LogP contribution in [0.5, 0.6) is 0 Å². The summed E-state index contributed by atoms with van der Waals surface area (Å²) in [7, 11) is 2.20. The zero-order chi connectivity index (χ0) is 18.3. The number of fused-ring (bicyclic) bond motifs is 2. The Kier molecular flexibility index (Phi) is 4.63. The second-order valence-corrected chi connectivity index (χ2v) is 8.42. The molecule has 2 aromatic rings. The molecule has 4 rings (SSSR count). The molecule has 2 bridgehead atoms. The average Bonchev–Trinajstić information content (AvgIpc) is 3.22. The first-order valence-corrected chi connectivity index (χ1v) is 10.0. The van der Waals surface area contributed by atoms with Crippen LogP contribution < -0.4 is 5.73 Å².